The van der Waals surface area contributed by atoms with E-state index >= 15 is 0 Å². The molecule has 0 saturated heterocycles. The van der Waals surface area contributed by atoms with E-state index in [1.807, 2.05) is 31.2 Å². The van der Waals surface area contributed by atoms with Gasteiger partial charge >= 0.3 is 0 Å². The Labute approximate surface area is 201 Å². The van der Waals surface area contributed by atoms with E-state index in [9.17, 15) is 4.79 Å². The molecule has 0 saturated carbocycles. The molecular formula is C20H22Cl3N3O4S. The molecular weight excluding hydrogens is 485 g/mol. The molecule has 2 rings (SSSR count). The number of ether oxygens (including phenoxy) is 3. The van der Waals surface area contributed by atoms with Crippen LogP contribution >= 0.6 is 47.0 Å². The van der Waals surface area contributed by atoms with Crippen LogP contribution in [0.3, 0.4) is 0 Å². The second-order valence-electron chi connectivity index (χ2n) is 6.33. The number of nitrogens with one attached hydrogen (secondary N) is 3. The van der Waals surface area contributed by atoms with Crippen LogP contribution in [0.5, 0.6) is 17.2 Å². The Balaban J connectivity index is 2.21. The highest BCUT2D eigenvalue weighted by Gasteiger charge is 2.35. The number of methoxy groups -OCH3 is 3. The number of benzene rings is 2. The van der Waals surface area contributed by atoms with Crippen LogP contribution in [0, 0.1) is 6.92 Å². The highest BCUT2D eigenvalue weighted by Crippen LogP contribution is 2.38. The zero-order valence-electron chi connectivity index (χ0n) is 17.2. The third-order valence-electron chi connectivity index (χ3n) is 4.08. The highest BCUT2D eigenvalue weighted by atomic mass is 35.6. The fourth-order valence-electron chi connectivity index (χ4n) is 2.65. The van der Waals surface area contributed by atoms with Crippen molar-refractivity contribution in [3.63, 3.8) is 0 Å². The van der Waals surface area contributed by atoms with Crippen LogP contribution in [0.4, 0.5) is 5.69 Å². The molecule has 31 heavy (non-hydrogen) atoms. The third kappa shape index (κ3) is 6.93. The quantitative estimate of drug-likeness (QED) is 0.291. The van der Waals surface area contributed by atoms with Crippen molar-refractivity contribution in [1.29, 1.82) is 0 Å². The van der Waals surface area contributed by atoms with Crippen LogP contribution in [-0.4, -0.2) is 42.3 Å². The molecule has 0 spiro atoms. The van der Waals surface area contributed by atoms with Gasteiger partial charge < -0.3 is 30.2 Å². The number of amides is 1. The number of aryl methyl sites for hydroxylation is 1. The van der Waals surface area contributed by atoms with Crippen molar-refractivity contribution in [2.24, 2.45) is 0 Å². The van der Waals surface area contributed by atoms with Gasteiger partial charge in [0.2, 0.25) is 9.54 Å². The van der Waals surface area contributed by atoms with Crippen molar-refractivity contribution in [3.8, 4) is 17.2 Å². The molecule has 2 aromatic rings. The van der Waals surface area contributed by atoms with Gasteiger partial charge in [0.25, 0.3) is 5.91 Å². The summed E-state index contributed by atoms with van der Waals surface area (Å²) < 4.78 is 13.9. The predicted molar refractivity (Wildman–Crippen MR) is 128 cm³/mol. The van der Waals surface area contributed by atoms with Gasteiger partial charge in [-0.25, -0.2) is 0 Å². The SMILES string of the molecule is COc1cc(C(=O)N[C@@H](NC(=S)Nc2cccc(C)c2)C(Cl)(Cl)Cl)cc(OC)c1OC. The lowest BCUT2D eigenvalue weighted by Crippen LogP contribution is -2.56. The summed E-state index contributed by atoms with van der Waals surface area (Å²) in [4.78, 5) is 12.9. The summed E-state index contributed by atoms with van der Waals surface area (Å²) in [6.45, 7) is 1.95. The molecule has 0 radical (unpaired) electrons. The number of rotatable bonds is 7. The molecule has 0 aliphatic carbocycles. The largest absolute Gasteiger partial charge is 0.493 e. The number of carbonyl (C=O) groups excluding carboxylic acids is 1. The van der Waals surface area contributed by atoms with Crippen LogP contribution in [0.2, 0.25) is 0 Å². The number of hydrogen-bond donors (Lipinski definition) is 3. The van der Waals surface area contributed by atoms with Crippen molar-refractivity contribution in [1.82, 2.24) is 10.6 Å². The van der Waals surface area contributed by atoms with Gasteiger partial charge in [0.1, 0.15) is 6.17 Å². The van der Waals surface area contributed by atoms with Gasteiger partial charge in [-0.1, -0.05) is 46.9 Å². The van der Waals surface area contributed by atoms with Crippen molar-refractivity contribution in [2.45, 2.75) is 16.9 Å². The van der Waals surface area contributed by atoms with Crippen molar-refractivity contribution >= 4 is 63.7 Å². The van der Waals surface area contributed by atoms with Gasteiger partial charge in [-0.15, -0.1) is 0 Å². The molecule has 0 fully saturated rings. The third-order valence-corrected chi connectivity index (χ3v) is 4.96. The number of thiocarbonyl (C=S) groups is 1. The molecule has 1 atom stereocenters. The molecule has 11 heteroatoms. The average molecular weight is 507 g/mol. The van der Waals surface area contributed by atoms with Crippen LogP contribution in [0.25, 0.3) is 0 Å². The first-order chi connectivity index (χ1) is 14.6. The molecule has 0 bridgehead atoms. The molecule has 0 aromatic heterocycles. The number of carbonyl (C=O) groups is 1. The number of anilines is 1. The molecule has 0 heterocycles. The molecule has 168 valence electrons. The Bertz CT molecular complexity index is 929. The zero-order chi connectivity index (χ0) is 23.2. The van der Waals surface area contributed by atoms with E-state index in [-0.39, 0.29) is 10.7 Å². The van der Waals surface area contributed by atoms with Gasteiger partial charge in [-0.3, -0.25) is 4.79 Å². The van der Waals surface area contributed by atoms with E-state index in [0.717, 1.165) is 11.3 Å². The lowest BCUT2D eigenvalue weighted by molar-refractivity contribution is 0.0933. The van der Waals surface area contributed by atoms with Gasteiger partial charge in [-0.2, -0.15) is 0 Å². The smallest absolute Gasteiger partial charge is 0.253 e. The first kappa shape index (κ1) is 25.1. The summed E-state index contributed by atoms with van der Waals surface area (Å²) in [6.07, 6.45) is -1.14. The summed E-state index contributed by atoms with van der Waals surface area (Å²) in [5, 5.41) is 8.57. The van der Waals surface area contributed by atoms with Crippen LogP contribution in [0.15, 0.2) is 36.4 Å². The van der Waals surface area contributed by atoms with E-state index in [2.05, 4.69) is 16.0 Å². The fourth-order valence-corrected chi connectivity index (χ4v) is 3.21. The Morgan fingerprint density at radius 3 is 2.10 bits per heavy atom. The van der Waals surface area contributed by atoms with Crippen molar-refractivity contribution in [3.05, 3.63) is 47.5 Å². The summed E-state index contributed by atoms with van der Waals surface area (Å²) in [7, 11) is 4.35. The summed E-state index contributed by atoms with van der Waals surface area (Å²) >= 11 is 23.5. The molecule has 7 nitrogen and oxygen atoms in total. The zero-order valence-corrected chi connectivity index (χ0v) is 20.3. The normalized spacial score (nSPS) is 11.8. The first-order valence-corrected chi connectivity index (χ1v) is 10.4. The van der Waals surface area contributed by atoms with E-state index in [1.165, 1.54) is 33.5 Å². The minimum atomic E-state index is -1.91. The van der Waals surface area contributed by atoms with Crippen molar-refractivity contribution in [2.75, 3.05) is 26.6 Å². The summed E-state index contributed by atoms with van der Waals surface area (Å²) in [6, 6.07) is 10.5. The average Bonchev–Trinajstić information content (AvgIpc) is 2.71. The maximum atomic E-state index is 12.9. The topological polar surface area (TPSA) is 80.9 Å². The summed E-state index contributed by atoms with van der Waals surface area (Å²) in [5.41, 5.74) is 1.99. The van der Waals surface area contributed by atoms with E-state index < -0.39 is 15.9 Å². The Hall–Kier alpha value is -2.13. The van der Waals surface area contributed by atoms with Crippen LogP contribution < -0.4 is 30.2 Å². The summed E-state index contributed by atoms with van der Waals surface area (Å²) in [5.74, 6) is 0.409. The lowest BCUT2D eigenvalue weighted by Gasteiger charge is -2.28. The first-order valence-electron chi connectivity index (χ1n) is 8.90. The molecule has 0 aliphatic heterocycles. The van der Waals surface area contributed by atoms with Crippen LogP contribution in [0.1, 0.15) is 15.9 Å². The second-order valence-corrected chi connectivity index (χ2v) is 9.11. The Kier molecular flexibility index (Phi) is 8.88. The van der Waals surface area contributed by atoms with Gasteiger partial charge in [0, 0.05) is 11.3 Å². The predicted octanol–water partition coefficient (Wildman–Crippen LogP) is 4.43. The minimum absolute atomic E-state index is 0.159. The van der Waals surface area contributed by atoms with E-state index in [0.29, 0.717) is 17.2 Å². The van der Waals surface area contributed by atoms with Crippen molar-refractivity contribution < 1.29 is 19.0 Å². The van der Waals surface area contributed by atoms with E-state index in [4.69, 9.17) is 61.2 Å². The van der Waals surface area contributed by atoms with Gasteiger partial charge in [0.15, 0.2) is 16.6 Å². The van der Waals surface area contributed by atoms with Crippen LogP contribution in [-0.2, 0) is 0 Å². The fraction of sp³-hybridized carbons (Fsp3) is 0.300. The van der Waals surface area contributed by atoms with E-state index in [1.54, 1.807) is 0 Å². The van der Waals surface area contributed by atoms with Gasteiger partial charge in [0.05, 0.1) is 21.3 Å². The highest BCUT2D eigenvalue weighted by molar-refractivity contribution is 7.80. The minimum Gasteiger partial charge on any atom is -0.493 e. The monoisotopic (exact) mass is 505 g/mol. The molecule has 0 unspecified atom stereocenters. The molecule has 2 aromatic carbocycles. The number of halogens is 3. The standard InChI is InChI=1S/C20H22Cl3N3O4S/c1-11-6-5-7-13(8-11)24-19(31)26-18(20(21,22)23)25-17(27)12-9-14(28-2)16(30-4)15(10-12)29-3/h5-10,18H,1-4H3,(H,25,27)(H2,24,26,31)/t18-/m0/s1. The maximum absolute atomic E-state index is 12.9. The maximum Gasteiger partial charge on any atom is 0.253 e. The number of hydrogen-bond acceptors (Lipinski definition) is 5. The van der Waals surface area contributed by atoms with Gasteiger partial charge in [-0.05, 0) is 49.0 Å². The Morgan fingerprint density at radius 1 is 1.00 bits per heavy atom. The molecule has 0 aliphatic rings. The second kappa shape index (κ2) is 10.9. The molecule has 1 amide bonds. The Morgan fingerprint density at radius 2 is 1.61 bits per heavy atom. The lowest BCUT2D eigenvalue weighted by atomic mass is 10.1. The number of alkyl halides is 3. The molecule has 3 N–H and O–H groups in total.